The molecular formula is C31H30N2O6S. The maximum absolute atomic E-state index is 13.1. The van der Waals surface area contributed by atoms with Crippen molar-refractivity contribution in [3.8, 4) is 11.5 Å². The first-order valence-electron chi connectivity index (χ1n) is 13.0. The number of allylic oxidation sites excluding steroid dienone is 1. The van der Waals surface area contributed by atoms with Gasteiger partial charge in [0, 0.05) is 24.2 Å². The second-order valence-electron chi connectivity index (χ2n) is 9.07. The Labute approximate surface area is 237 Å². The molecule has 1 saturated heterocycles. The molecule has 8 nitrogen and oxygen atoms in total. The molecule has 0 aromatic heterocycles. The number of aryl methyl sites for hydroxylation is 1. The Morgan fingerprint density at radius 1 is 1.02 bits per heavy atom. The molecular weight excluding hydrogens is 528 g/mol. The van der Waals surface area contributed by atoms with Crippen LogP contribution in [0.1, 0.15) is 35.6 Å². The lowest BCUT2D eigenvalue weighted by Crippen LogP contribution is -2.29. The lowest BCUT2D eigenvalue weighted by atomic mass is 10.0. The van der Waals surface area contributed by atoms with Crippen LogP contribution in [-0.4, -0.2) is 34.1 Å². The molecule has 1 aliphatic rings. The number of non-ortho nitro benzene ring substituents is 1. The summed E-state index contributed by atoms with van der Waals surface area (Å²) >= 11 is 0.935. The number of rotatable bonds is 13. The van der Waals surface area contributed by atoms with Crippen LogP contribution in [0.4, 0.5) is 10.5 Å². The molecule has 1 aliphatic heterocycles. The van der Waals surface area contributed by atoms with Gasteiger partial charge in [-0.2, -0.15) is 0 Å². The molecule has 0 saturated carbocycles. The molecule has 4 rings (SSSR count). The van der Waals surface area contributed by atoms with Crippen molar-refractivity contribution in [2.75, 3.05) is 13.2 Å². The van der Waals surface area contributed by atoms with E-state index < -0.39 is 4.92 Å². The maximum atomic E-state index is 13.1. The Balaban J connectivity index is 1.52. The molecule has 0 spiro atoms. The highest BCUT2D eigenvalue weighted by atomic mass is 32.2. The predicted octanol–water partition coefficient (Wildman–Crippen LogP) is 6.97. The molecule has 0 atom stereocenters. The lowest BCUT2D eigenvalue weighted by molar-refractivity contribution is -0.384. The molecule has 9 heteroatoms. The molecule has 0 N–H and O–H groups in total. The van der Waals surface area contributed by atoms with Gasteiger partial charge in [0.2, 0.25) is 0 Å². The normalized spacial score (nSPS) is 14.0. The topological polar surface area (TPSA) is 99.0 Å². The monoisotopic (exact) mass is 558 g/mol. The van der Waals surface area contributed by atoms with Gasteiger partial charge in [0.05, 0.1) is 16.4 Å². The zero-order valence-electron chi connectivity index (χ0n) is 22.2. The number of nitrogens with zero attached hydrogens (tertiary/aromatic N) is 2. The van der Waals surface area contributed by atoms with Crippen LogP contribution < -0.4 is 9.47 Å². The molecule has 3 aromatic rings. The Hall–Kier alpha value is -4.37. The number of carbonyl (C=O) groups excluding carboxylic acids is 2. The molecule has 0 aliphatic carbocycles. The van der Waals surface area contributed by atoms with E-state index in [0.29, 0.717) is 48.0 Å². The van der Waals surface area contributed by atoms with E-state index in [-0.39, 0.29) is 23.4 Å². The number of nitro groups is 1. The zero-order valence-corrected chi connectivity index (χ0v) is 23.0. The standard InChI is InChI=1S/C31H30N2O6S/c1-3-9-25-18-24(19-27(38-4-2)29(25)39-21-23-13-15-26(16-14-23)33(36)37)20-28-30(34)32(31(35)40-28)17-8-12-22-10-6-5-7-11-22/h3,5-7,10-11,13-16,18-20H,1,4,8-9,12,17,21H2,2H3/b28-20+. The number of hydrogen-bond acceptors (Lipinski definition) is 7. The smallest absolute Gasteiger partial charge is 0.293 e. The number of nitro benzene ring substituents is 1. The van der Waals surface area contributed by atoms with E-state index in [1.54, 1.807) is 30.4 Å². The van der Waals surface area contributed by atoms with Crippen molar-refractivity contribution in [3.05, 3.63) is 117 Å². The minimum Gasteiger partial charge on any atom is -0.490 e. The fourth-order valence-corrected chi connectivity index (χ4v) is 5.17. The van der Waals surface area contributed by atoms with E-state index in [1.807, 2.05) is 43.3 Å². The SMILES string of the molecule is C=CCc1cc(/C=C2/SC(=O)N(CCCc3ccccc3)C2=O)cc(OCC)c1OCc1ccc([N+](=O)[O-])cc1. The second-order valence-corrected chi connectivity index (χ2v) is 10.1. The lowest BCUT2D eigenvalue weighted by Gasteiger charge is -2.17. The van der Waals surface area contributed by atoms with Crippen molar-refractivity contribution >= 4 is 34.7 Å². The van der Waals surface area contributed by atoms with Gasteiger partial charge in [0.15, 0.2) is 11.5 Å². The van der Waals surface area contributed by atoms with Crippen LogP contribution in [0.15, 0.2) is 84.3 Å². The van der Waals surface area contributed by atoms with Crippen molar-refractivity contribution in [3.63, 3.8) is 0 Å². The van der Waals surface area contributed by atoms with Crippen LogP contribution in [0.5, 0.6) is 11.5 Å². The average molecular weight is 559 g/mol. The van der Waals surface area contributed by atoms with E-state index in [0.717, 1.165) is 29.3 Å². The van der Waals surface area contributed by atoms with Gasteiger partial charge in [-0.25, -0.2) is 0 Å². The third-order valence-electron chi connectivity index (χ3n) is 6.21. The third kappa shape index (κ3) is 7.18. The van der Waals surface area contributed by atoms with Gasteiger partial charge in [0.25, 0.3) is 16.8 Å². The van der Waals surface area contributed by atoms with Crippen LogP contribution in [0.3, 0.4) is 0 Å². The molecule has 3 aromatic carbocycles. The summed E-state index contributed by atoms with van der Waals surface area (Å²) in [5.74, 6) is 0.730. The summed E-state index contributed by atoms with van der Waals surface area (Å²) in [5, 5.41) is 10.7. The summed E-state index contributed by atoms with van der Waals surface area (Å²) in [4.78, 5) is 37.9. The van der Waals surface area contributed by atoms with E-state index in [1.165, 1.54) is 22.6 Å². The fraction of sp³-hybridized carbons (Fsp3) is 0.226. The van der Waals surface area contributed by atoms with E-state index in [9.17, 15) is 19.7 Å². The van der Waals surface area contributed by atoms with Crippen molar-refractivity contribution in [2.45, 2.75) is 32.8 Å². The van der Waals surface area contributed by atoms with E-state index in [4.69, 9.17) is 9.47 Å². The molecule has 0 radical (unpaired) electrons. The van der Waals surface area contributed by atoms with Crippen LogP contribution in [0, 0.1) is 10.1 Å². The highest BCUT2D eigenvalue weighted by molar-refractivity contribution is 8.18. The van der Waals surface area contributed by atoms with Gasteiger partial charge >= 0.3 is 0 Å². The summed E-state index contributed by atoms with van der Waals surface area (Å²) < 4.78 is 12.0. The summed E-state index contributed by atoms with van der Waals surface area (Å²) in [6.45, 7) is 6.64. The summed E-state index contributed by atoms with van der Waals surface area (Å²) in [6.07, 6.45) is 5.41. The van der Waals surface area contributed by atoms with Crippen LogP contribution >= 0.6 is 11.8 Å². The molecule has 1 fully saturated rings. The van der Waals surface area contributed by atoms with Crippen LogP contribution in [0.2, 0.25) is 0 Å². The summed E-state index contributed by atoms with van der Waals surface area (Å²) in [6, 6.07) is 19.8. The van der Waals surface area contributed by atoms with Gasteiger partial charge in [-0.05, 0) is 85.0 Å². The second kappa shape index (κ2) is 13.6. The van der Waals surface area contributed by atoms with Crippen molar-refractivity contribution in [1.29, 1.82) is 0 Å². The molecule has 1 heterocycles. The zero-order chi connectivity index (χ0) is 28.5. The van der Waals surface area contributed by atoms with Crippen molar-refractivity contribution in [2.24, 2.45) is 0 Å². The van der Waals surface area contributed by atoms with Crippen molar-refractivity contribution in [1.82, 2.24) is 4.90 Å². The largest absolute Gasteiger partial charge is 0.490 e. The quantitative estimate of drug-likeness (QED) is 0.0967. The minimum atomic E-state index is -0.446. The van der Waals surface area contributed by atoms with Gasteiger partial charge in [-0.15, -0.1) is 6.58 Å². The molecule has 0 bridgehead atoms. The number of ether oxygens (including phenoxy) is 2. The van der Waals surface area contributed by atoms with Gasteiger partial charge in [-0.1, -0.05) is 36.4 Å². The molecule has 0 unspecified atom stereocenters. The number of imide groups is 1. The van der Waals surface area contributed by atoms with Gasteiger partial charge in [0.1, 0.15) is 6.61 Å². The maximum Gasteiger partial charge on any atom is 0.293 e. The Bertz CT molecular complexity index is 1420. The van der Waals surface area contributed by atoms with Gasteiger partial charge < -0.3 is 9.47 Å². The number of carbonyl (C=O) groups is 2. The predicted molar refractivity (Wildman–Crippen MR) is 156 cm³/mol. The number of hydrogen-bond donors (Lipinski definition) is 0. The molecule has 40 heavy (non-hydrogen) atoms. The highest BCUT2D eigenvalue weighted by Crippen LogP contribution is 2.38. The van der Waals surface area contributed by atoms with E-state index >= 15 is 0 Å². The third-order valence-corrected chi connectivity index (χ3v) is 7.12. The minimum absolute atomic E-state index is 0.0102. The van der Waals surface area contributed by atoms with Gasteiger partial charge in [-0.3, -0.25) is 24.6 Å². The number of benzene rings is 3. The first-order valence-corrected chi connectivity index (χ1v) is 13.8. The first-order chi connectivity index (χ1) is 19.4. The Morgan fingerprint density at radius 2 is 1.77 bits per heavy atom. The molecule has 2 amide bonds. The summed E-state index contributed by atoms with van der Waals surface area (Å²) in [7, 11) is 0. The fourth-order valence-electron chi connectivity index (χ4n) is 4.30. The highest BCUT2D eigenvalue weighted by Gasteiger charge is 2.34. The van der Waals surface area contributed by atoms with Crippen molar-refractivity contribution < 1.29 is 24.0 Å². The Kier molecular flexibility index (Phi) is 9.75. The molecule has 206 valence electrons. The number of thioether (sulfide) groups is 1. The number of amides is 2. The Morgan fingerprint density at radius 3 is 2.45 bits per heavy atom. The van der Waals surface area contributed by atoms with Crippen LogP contribution in [-0.2, 0) is 24.2 Å². The van der Waals surface area contributed by atoms with E-state index in [2.05, 4.69) is 6.58 Å². The summed E-state index contributed by atoms with van der Waals surface area (Å²) in [5.41, 5.74) is 3.45. The average Bonchev–Trinajstić information content (AvgIpc) is 3.21. The first kappa shape index (κ1) is 28.6. The van der Waals surface area contributed by atoms with Crippen LogP contribution in [0.25, 0.3) is 6.08 Å².